The summed E-state index contributed by atoms with van der Waals surface area (Å²) in [5, 5.41) is 15.5. The average molecular weight is 400 g/mol. The Bertz CT molecular complexity index is 935. The second-order valence-electron chi connectivity index (χ2n) is 6.81. The first-order chi connectivity index (χ1) is 13.5. The van der Waals surface area contributed by atoms with Gasteiger partial charge in [0.2, 0.25) is 11.8 Å². The van der Waals surface area contributed by atoms with E-state index in [0.717, 1.165) is 31.2 Å². The van der Waals surface area contributed by atoms with Gasteiger partial charge in [-0.25, -0.2) is 4.39 Å². The molecular formula is C20H21FN4O2S. The van der Waals surface area contributed by atoms with E-state index < -0.39 is 5.82 Å². The molecule has 1 aromatic carbocycles. The molecule has 0 atom stereocenters. The number of amides is 2. The van der Waals surface area contributed by atoms with Crippen LogP contribution in [0.4, 0.5) is 15.1 Å². The Kier molecular flexibility index (Phi) is 6.39. The average Bonchev–Trinajstić information content (AvgIpc) is 2.97. The van der Waals surface area contributed by atoms with Crippen LogP contribution in [0, 0.1) is 17.1 Å². The molecule has 0 bridgehead atoms. The highest BCUT2D eigenvalue weighted by Crippen LogP contribution is 2.37. The van der Waals surface area contributed by atoms with E-state index >= 15 is 0 Å². The van der Waals surface area contributed by atoms with Gasteiger partial charge in [0.1, 0.15) is 16.9 Å². The van der Waals surface area contributed by atoms with Gasteiger partial charge in [-0.3, -0.25) is 14.5 Å². The number of halogens is 1. The van der Waals surface area contributed by atoms with Gasteiger partial charge in [0, 0.05) is 10.6 Å². The van der Waals surface area contributed by atoms with Crippen molar-refractivity contribution >= 4 is 33.8 Å². The molecule has 1 aliphatic carbocycles. The maximum absolute atomic E-state index is 13.2. The van der Waals surface area contributed by atoms with Crippen molar-refractivity contribution in [1.82, 2.24) is 4.90 Å². The normalized spacial score (nSPS) is 12.9. The summed E-state index contributed by atoms with van der Waals surface area (Å²) < 4.78 is 13.2. The van der Waals surface area contributed by atoms with Crippen LogP contribution in [0.25, 0.3) is 0 Å². The lowest BCUT2D eigenvalue weighted by atomic mass is 9.96. The van der Waals surface area contributed by atoms with Gasteiger partial charge in [0.15, 0.2) is 0 Å². The van der Waals surface area contributed by atoms with Crippen molar-refractivity contribution in [3.8, 4) is 6.07 Å². The highest BCUT2D eigenvalue weighted by molar-refractivity contribution is 7.16. The van der Waals surface area contributed by atoms with Gasteiger partial charge in [-0.2, -0.15) is 5.26 Å². The standard InChI is InChI=1S/C20H21FN4O2S/c1-25(11-18(26)23-14-6-4-5-13(21)9-14)12-19(27)24-20-16(10-22)15-7-2-3-8-17(15)28-20/h4-6,9H,2-3,7-8,11-12H2,1H3,(H,23,26)(H,24,27). The van der Waals surface area contributed by atoms with E-state index in [9.17, 15) is 19.2 Å². The molecule has 0 saturated carbocycles. The minimum absolute atomic E-state index is 0.00397. The van der Waals surface area contributed by atoms with Gasteiger partial charge in [-0.15, -0.1) is 11.3 Å². The number of benzene rings is 1. The summed E-state index contributed by atoms with van der Waals surface area (Å²) >= 11 is 1.47. The van der Waals surface area contributed by atoms with E-state index in [2.05, 4.69) is 16.7 Å². The third kappa shape index (κ3) is 4.94. The Labute approximate surface area is 167 Å². The molecule has 0 radical (unpaired) electrons. The van der Waals surface area contributed by atoms with Crippen LogP contribution in [-0.4, -0.2) is 36.9 Å². The molecule has 0 aliphatic heterocycles. The number of hydrogen-bond donors (Lipinski definition) is 2. The number of fused-ring (bicyclic) bond motifs is 1. The Hall–Kier alpha value is -2.76. The first-order valence-corrected chi connectivity index (χ1v) is 9.86. The topological polar surface area (TPSA) is 85.2 Å². The summed E-state index contributed by atoms with van der Waals surface area (Å²) in [4.78, 5) is 27.2. The van der Waals surface area contributed by atoms with E-state index in [1.165, 1.54) is 34.4 Å². The number of hydrogen-bond acceptors (Lipinski definition) is 5. The van der Waals surface area contributed by atoms with Crippen LogP contribution < -0.4 is 10.6 Å². The zero-order valence-electron chi connectivity index (χ0n) is 15.5. The summed E-state index contributed by atoms with van der Waals surface area (Å²) in [6.07, 6.45) is 4.00. The lowest BCUT2D eigenvalue weighted by molar-refractivity contribution is -0.119. The van der Waals surface area contributed by atoms with Crippen LogP contribution >= 0.6 is 11.3 Å². The van der Waals surface area contributed by atoms with Gasteiger partial charge in [0.05, 0.1) is 18.7 Å². The van der Waals surface area contributed by atoms with E-state index in [-0.39, 0.29) is 24.9 Å². The number of likely N-dealkylation sites (N-methyl/N-ethyl adjacent to an activating group) is 1. The first-order valence-electron chi connectivity index (χ1n) is 9.04. The summed E-state index contributed by atoms with van der Waals surface area (Å²) in [5.41, 5.74) is 2.00. The molecule has 1 aliphatic rings. The quantitative estimate of drug-likeness (QED) is 0.780. The molecule has 6 nitrogen and oxygen atoms in total. The molecule has 1 aromatic heterocycles. The van der Waals surface area contributed by atoms with Crippen molar-refractivity contribution in [1.29, 1.82) is 5.26 Å². The lowest BCUT2D eigenvalue weighted by Crippen LogP contribution is -2.36. The van der Waals surface area contributed by atoms with E-state index in [0.29, 0.717) is 16.3 Å². The molecule has 2 amide bonds. The SMILES string of the molecule is CN(CC(=O)Nc1cccc(F)c1)CC(=O)Nc1sc2c(c1C#N)CCCC2. The van der Waals surface area contributed by atoms with Crippen LogP contribution in [0.15, 0.2) is 24.3 Å². The Morgan fingerprint density at radius 1 is 1.21 bits per heavy atom. The molecule has 0 spiro atoms. The van der Waals surface area contributed by atoms with Crippen LogP contribution in [0.1, 0.15) is 28.8 Å². The molecule has 2 N–H and O–H groups in total. The zero-order chi connectivity index (χ0) is 20.1. The summed E-state index contributed by atoms with van der Waals surface area (Å²) in [6, 6.07) is 7.84. The van der Waals surface area contributed by atoms with Crippen LogP contribution in [0.5, 0.6) is 0 Å². The van der Waals surface area contributed by atoms with Gasteiger partial charge in [-0.05, 0) is 56.5 Å². The van der Waals surface area contributed by atoms with Gasteiger partial charge >= 0.3 is 0 Å². The lowest BCUT2D eigenvalue weighted by Gasteiger charge is -2.15. The van der Waals surface area contributed by atoms with Crippen LogP contribution in [0.3, 0.4) is 0 Å². The maximum Gasteiger partial charge on any atom is 0.239 e. The minimum atomic E-state index is -0.433. The summed E-state index contributed by atoms with van der Waals surface area (Å²) in [5.74, 6) is -1.06. The van der Waals surface area contributed by atoms with Crippen molar-refractivity contribution in [2.75, 3.05) is 30.8 Å². The Balaban J connectivity index is 1.54. The second kappa shape index (κ2) is 8.95. The van der Waals surface area contributed by atoms with Crippen molar-refractivity contribution in [3.63, 3.8) is 0 Å². The van der Waals surface area contributed by atoms with Crippen molar-refractivity contribution in [2.24, 2.45) is 0 Å². The van der Waals surface area contributed by atoms with Crippen molar-refractivity contribution in [2.45, 2.75) is 25.7 Å². The number of thiophene rings is 1. The second-order valence-corrected chi connectivity index (χ2v) is 7.91. The number of aryl methyl sites for hydroxylation is 1. The van der Waals surface area contributed by atoms with E-state index in [4.69, 9.17) is 0 Å². The summed E-state index contributed by atoms with van der Waals surface area (Å²) in [7, 11) is 1.65. The number of carbonyl (C=O) groups excluding carboxylic acids is 2. The largest absolute Gasteiger partial charge is 0.325 e. The van der Waals surface area contributed by atoms with E-state index in [1.54, 1.807) is 18.0 Å². The number of rotatable bonds is 6. The molecular weight excluding hydrogens is 379 g/mol. The third-order valence-electron chi connectivity index (χ3n) is 4.47. The monoisotopic (exact) mass is 400 g/mol. The molecule has 1 heterocycles. The molecule has 2 aromatic rings. The van der Waals surface area contributed by atoms with Crippen molar-refractivity contribution < 1.29 is 14.0 Å². The smallest absolute Gasteiger partial charge is 0.239 e. The van der Waals surface area contributed by atoms with E-state index in [1.807, 2.05) is 0 Å². The predicted octanol–water partition coefficient (Wildman–Crippen LogP) is 3.15. The molecule has 8 heteroatoms. The summed E-state index contributed by atoms with van der Waals surface area (Å²) in [6.45, 7) is -0.0139. The first kappa shape index (κ1) is 20.0. The number of nitrogens with zero attached hydrogens (tertiary/aromatic N) is 2. The third-order valence-corrected chi connectivity index (χ3v) is 5.68. The molecule has 0 saturated heterocycles. The number of anilines is 2. The highest BCUT2D eigenvalue weighted by Gasteiger charge is 2.22. The number of carbonyl (C=O) groups is 2. The number of nitrogens with one attached hydrogen (secondary N) is 2. The Morgan fingerprint density at radius 2 is 1.93 bits per heavy atom. The fourth-order valence-electron chi connectivity index (χ4n) is 3.25. The van der Waals surface area contributed by atoms with Crippen LogP contribution in [0.2, 0.25) is 0 Å². The number of nitriles is 1. The molecule has 3 rings (SSSR count). The molecule has 28 heavy (non-hydrogen) atoms. The molecule has 146 valence electrons. The van der Waals surface area contributed by atoms with Crippen molar-refractivity contribution in [3.05, 3.63) is 46.1 Å². The minimum Gasteiger partial charge on any atom is -0.325 e. The van der Waals surface area contributed by atoms with Gasteiger partial charge < -0.3 is 10.6 Å². The predicted molar refractivity (Wildman–Crippen MR) is 107 cm³/mol. The highest BCUT2D eigenvalue weighted by atomic mass is 32.1. The zero-order valence-corrected chi connectivity index (χ0v) is 16.4. The maximum atomic E-state index is 13.2. The fraction of sp³-hybridized carbons (Fsp3) is 0.350. The van der Waals surface area contributed by atoms with Gasteiger partial charge in [0.25, 0.3) is 0 Å². The van der Waals surface area contributed by atoms with Gasteiger partial charge in [-0.1, -0.05) is 6.07 Å². The molecule has 0 fully saturated rings. The molecule has 0 unspecified atom stereocenters. The van der Waals surface area contributed by atoms with Crippen LogP contribution in [-0.2, 0) is 22.4 Å². The Morgan fingerprint density at radius 3 is 2.64 bits per heavy atom. The fourth-order valence-corrected chi connectivity index (χ4v) is 4.51.